The lowest BCUT2D eigenvalue weighted by molar-refractivity contribution is 0.420. The zero-order chi connectivity index (χ0) is 14.4. The molecule has 0 aliphatic carbocycles. The molecule has 1 aromatic rings. The van der Waals surface area contributed by atoms with Gasteiger partial charge in [0.2, 0.25) is 0 Å². The minimum atomic E-state index is 0.495. The van der Waals surface area contributed by atoms with Crippen molar-refractivity contribution >= 4 is 11.6 Å². The van der Waals surface area contributed by atoms with Crippen LogP contribution in [0.15, 0.2) is 0 Å². The van der Waals surface area contributed by atoms with Crippen LogP contribution in [0.3, 0.4) is 0 Å². The monoisotopic (exact) mass is 285 g/mol. The van der Waals surface area contributed by atoms with Crippen molar-refractivity contribution in [3.63, 3.8) is 0 Å². The van der Waals surface area contributed by atoms with E-state index in [1.165, 1.54) is 12.8 Å². The van der Waals surface area contributed by atoms with Gasteiger partial charge in [-0.2, -0.15) is 5.10 Å². The van der Waals surface area contributed by atoms with Crippen LogP contribution in [-0.4, -0.2) is 22.4 Å². The first-order valence-electron chi connectivity index (χ1n) is 7.37. The molecule has 0 fully saturated rings. The molecule has 0 aliphatic rings. The Hall–Kier alpha value is -0.540. The Morgan fingerprint density at radius 2 is 2.00 bits per heavy atom. The maximum absolute atomic E-state index is 6.34. The maximum atomic E-state index is 6.34. The Labute approximate surface area is 122 Å². The van der Waals surface area contributed by atoms with Crippen LogP contribution in [0, 0.1) is 12.8 Å². The first-order chi connectivity index (χ1) is 8.95. The van der Waals surface area contributed by atoms with E-state index >= 15 is 0 Å². The second-order valence-corrected chi connectivity index (χ2v) is 6.17. The van der Waals surface area contributed by atoms with Crippen LogP contribution in [0.25, 0.3) is 0 Å². The number of nitrogens with zero attached hydrogens (tertiary/aromatic N) is 2. The van der Waals surface area contributed by atoms with E-state index in [9.17, 15) is 0 Å². The summed E-state index contributed by atoms with van der Waals surface area (Å²) < 4.78 is 1.92. The van der Waals surface area contributed by atoms with E-state index in [2.05, 4.69) is 31.2 Å². The number of hydrogen-bond acceptors (Lipinski definition) is 2. The highest BCUT2D eigenvalue weighted by Gasteiger charge is 2.16. The molecule has 0 saturated carbocycles. The van der Waals surface area contributed by atoms with Crippen molar-refractivity contribution in [1.82, 2.24) is 15.1 Å². The molecule has 0 saturated heterocycles. The molecule has 19 heavy (non-hydrogen) atoms. The van der Waals surface area contributed by atoms with Crippen LogP contribution < -0.4 is 5.32 Å². The summed E-state index contributed by atoms with van der Waals surface area (Å²) in [7, 11) is 1.98. The minimum Gasteiger partial charge on any atom is -0.314 e. The maximum Gasteiger partial charge on any atom is 0.0847 e. The Morgan fingerprint density at radius 1 is 1.32 bits per heavy atom. The first kappa shape index (κ1) is 16.5. The van der Waals surface area contributed by atoms with Crippen molar-refractivity contribution in [1.29, 1.82) is 0 Å². The summed E-state index contributed by atoms with van der Waals surface area (Å²) in [4.78, 5) is 0. The van der Waals surface area contributed by atoms with Gasteiger partial charge in [0.05, 0.1) is 16.4 Å². The molecule has 0 amide bonds. The summed E-state index contributed by atoms with van der Waals surface area (Å²) in [5.41, 5.74) is 2.08. The average molecular weight is 286 g/mol. The van der Waals surface area contributed by atoms with E-state index in [4.69, 9.17) is 11.6 Å². The Kier molecular flexibility index (Phi) is 6.87. The van der Waals surface area contributed by atoms with E-state index in [-0.39, 0.29) is 0 Å². The molecule has 1 rings (SSSR count). The van der Waals surface area contributed by atoms with Gasteiger partial charge in [-0.3, -0.25) is 4.68 Å². The van der Waals surface area contributed by atoms with E-state index < -0.39 is 0 Å². The second kappa shape index (κ2) is 7.91. The van der Waals surface area contributed by atoms with E-state index in [1.54, 1.807) is 0 Å². The van der Waals surface area contributed by atoms with Gasteiger partial charge in [0.1, 0.15) is 0 Å². The van der Waals surface area contributed by atoms with Crippen molar-refractivity contribution < 1.29 is 0 Å². The normalized spacial score (nSPS) is 13.2. The zero-order valence-electron chi connectivity index (χ0n) is 13.0. The Balaban J connectivity index is 2.69. The summed E-state index contributed by atoms with van der Waals surface area (Å²) in [6.45, 7) is 9.79. The third kappa shape index (κ3) is 5.15. The van der Waals surface area contributed by atoms with Crippen molar-refractivity contribution in [2.24, 2.45) is 13.0 Å². The molecule has 0 spiro atoms. The van der Waals surface area contributed by atoms with Gasteiger partial charge in [-0.15, -0.1) is 0 Å². The van der Waals surface area contributed by atoms with Gasteiger partial charge in [0.15, 0.2) is 0 Å². The SMILES string of the molecule is CCCNC(CCC(C)C)Cc1c(Cl)c(C)nn1C. The van der Waals surface area contributed by atoms with E-state index in [0.29, 0.717) is 6.04 Å². The lowest BCUT2D eigenvalue weighted by atomic mass is 9.99. The molecule has 1 heterocycles. The number of nitrogens with one attached hydrogen (secondary N) is 1. The quantitative estimate of drug-likeness (QED) is 0.789. The van der Waals surface area contributed by atoms with Crippen LogP contribution >= 0.6 is 11.6 Å². The van der Waals surface area contributed by atoms with Crippen molar-refractivity contribution in [2.45, 2.75) is 59.4 Å². The molecule has 3 nitrogen and oxygen atoms in total. The average Bonchev–Trinajstić information content (AvgIpc) is 2.58. The number of aromatic nitrogens is 2. The summed E-state index contributed by atoms with van der Waals surface area (Å²) in [5, 5.41) is 8.86. The molecule has 0 radical (unpaired) electrons. The number of aryl methyl sites for hydroxylation is 2. The van der Waals surface area contributed by atoms with Crippen molar-refractivity contribution in [2.75, 3.05) is 6.54 Å². The van der Waals surface area contributed by atoms with Crippen LogP contribution in [0.4, 0.5) is 0 Å². The molecule has 0 aromatic carbocycles. The Morgan fingerprint density at radius 3 is 2.47 bits per heavy atom. The summed E-state index contributed by atoms with van der Waals surface area (Å²) in [5.74, 6) is 0.745. The third-order valence-corrected chi connectivity index (χ3v) is 3.97. The molecule has 0 aliphatic heterocycles. The van der Waals surface area contributed by atoms with Crippen LogP contribution in [0.2, 0.25) is 5.02 Å². The van der Waals surface area contributed by atoms with Crippen LogP contribution in [0.1, 0.15) is 51.4 Å². The largest absolute Gasteiger partial charge is 0.314 e. The summed E-state index contributed by atoms with van der Waals surface area (Å²) >= 11 is 6.34. The Bertz CT molecular complexity index is 385. The highest BCUT2D eigenvalue weighted by atomic mass is 35.5. The molecule has 1 aromatic heterocycles. The van der Waals surface area contributed by atoms with E-state index in [1.807, 2.05) is 18.7 Å². The molecular formula is C15H28ClN3. The second-order valence-electron chi connectivity index (χ2n) is 5.80. The van der Waals surface area contributed by atoms with Gasteiger partial charge in [-0.25, -0.2) is 0 Å². The molecule has 1 atom stereocenters. The number of halogens is 1. The molecule has 0 bridgehead atoms. The lowest BCUT2D eigenvalue weighted by Gasteiger charge is -2.20. The summed E-state index contributed by atoms with van der Waals surface area (Å²) in [6.07, 6.45) is 4.56. The van der Waals surface area contributed by atoms with Crippen molar-refractivity contribution in [3.8, 4) is 0 Å². The third-order valence-electron chi connectivity index (χ3n) is 3.48. The smallest absolute Gasteiger partial charge is 0.0847 e. The number of rotatable bonds is 8. The first-order valence-corrected chi connectivity index (χ1v) is 7.74. The fourth-order valence-corrected chi connectivity index (χ4v) is 2.53. The fourth-order valence-electron chi connectivity index (χ4n) is 2.29. The van der Waals surface area contributed by atoms with E-state index in [0.717, 1.165) is 41.7 Å². The minimum absolute atomic E-state index is 0.495. The van der Waals surface area contributed by atoms with Gasteiger partial charge >= 0.3 is 0 Å². The molecule has 4 heteroatoms. The molecule has 110 valence electrons. The summed E-state index contributed by atoms with van der Waals surface area (Å²) in [6, 6.07) is 0.495. The number of hydrogen-bond donors (Lipinski definition) is 1. The van der Waals surface area contributed by atoms with Gasteiger partial charge < -0.3 is 5.32 Å². The highest BCUT2D eigenvalue weighted by Crippen LogP contribution is 2.22. The fraction of sp³-hybridized carbons (Fsp3) is 0.800. The van der Waals surface area contributed by atoms with Crippen LogP contribution in [0.5, 0.6) is 0 Å². The van der Waals surface area contributed by atoms with Gasteiger partial charge in [0.25, 0.3) is 0 Å². The van der Waals surface area contributed by atoms with Gasteiger partial charge in [-0.05, 0) is 38.6 Å². The molecule has 1 N–H and O–H groups in total. The van der Waals surface area contributed by atoms with Crippen LogP contribution in [-0.2, 0) is 13.5 Å². The molecule has 1 unspecified atom stereocenters. The zero-order valence-corrected chi connectivity index (χ0v) is 13.7. The van der Waals surface area contributed by atoms with Crippen molar-refractivity contribution in [3.05, 3.63) is 16.4 Å². The topological polar surface area (TPSA) is 29.9 Å². The van der Waals surface area contributed by atoms with Gasteiger partial charge in [-0.1, -0.05) is 32.4 Å². The standard InChI is InChI=1S/C15H28ClN3/c1-6-9-17-13(8-7-11(2)3)10-14-15(16)12(4)18-19(14)5/h11,13,17H,6-10H2,1-5H3. The highest BCUT2D eigenvalue weighted by molar-refractivity contribution is 6.31. The predicted octanol–water partition coefficient (Wildman–Crippen LogP) is 3.73. The molecular weight excluding hydrogens is 258 g/mol. The predicted molar refractivity (Wildman–Crippen MR) is 82.8 cm³/mol. The van der Waals surface area contributed by atoms with Gasteiger partial charge in [0, 0.05) is 19.5 Å². The lowest BCUT2D eigenvalue weighted by Crippen LogP contribution is -2.32.